The molecule has 0 unspecified atom stereocenters. The van der Waals surface area contributed by atoms with E-state index in [4.69, 9.17) is 9.57 Å². The fourth-order valence-corrected chi connectivity index (χ4v) is 5.56. The molecule has 218 valence electrons. The number of carbonyl (C=O) groups excluding carboxylic acids is 3. The van der Waals surface area contributed by atoms with Crippen LogP contribution in [-0.4, -0.2) is 49.6 Å². The molecule has 5 rings (SSSR count). The fourth-order valence-electron chi connectivity index (χ4n) is 4.75. The lowest BCUT2D eigenvalue weighted by Gasteiger charge is -2.28. The molecule has 0 amide bonds. The Labute approximate surface area is 255 Å². The number of aryl methyl sites for hydroxylation is 2. The number of morpholine rings is 1. The third-order valence-corrected chi connectivity index (χ3v) is 8.12. The summed E-state index contributed by atoms with van der Waals surface area (Å²) in [5.74, 6) is -0.966. The summed E-state index contributed by atoms with van der Waals surface area (Å²) in [6, 6.07) is 28.1. The Morgan fingerprint density at radius 1 is 0.767 bits per heavy atom. The van der Waals surface area contributed by atoms with E-state index in [1.54, 1.807) is 12.1 Å². The predicted molar refractivity (Wildman–Crippen MR) is 168 cm³/mol. The Morgan fingerprint density at radius 2 is 1.33 bits per heavy atom. The summed E-state index contributed by atoms with van der Waals surface area (Å²) in [4.78, 5) is 47.0. The zero-order valence-corrected chi connectivity index (χ0v) is 25.1. The molecule has 0 spiro atoms. The summed E-state index contributed by atoms with van der Waals surface area (Å²) in [6.07, 6.45) is 0. The molecule has 0 N–H and O–H groups in total. The molecule has 0 bridgehead atoms. The SMILES string of the molecule is CC(=O)ON=C(C(=O)c1ccc(Sc2ccc(C(=O)c3ccc(N4CCOCC4)cc3)cc2)cc1)c1cc(C)ccc1C. The van der Waals surface area contributed by atoms with Gasteiger partial charge in [0, 0.05) is 57.7 Å². The fraction of sp³-hybridized carbons (Fsp3) is 0.200. The monoisotopic (exact) mass is 592 g/mol. The van der Waals surface area contributed by atoms with Crippen LogP contribution in [0.1, 0.15) is 49.9 Å². The molecule has 0 aliphatic carbocycles. The first-order chi connectivity index (χ1) is 20.8. The Bertz CT molecular complexity index is 1660. The minimum absolute atomic E-state index is 0.0250. The second-order valence-corrected chi connectivity index (χ2v) is 11.4. The Kier molecular flexibility index (Phi) is 9.49. The number of ketones is 2. The Morgan fingerprint density at radius 3 is 1.91 bits per heavy atom. The summed E-state index contributed by atoms with van der Waals surface area (Å²) >= 11 is 1.53. The van der Waals surface area contributed by atoms with Crippen LogP contribution in [0.15, 0.2) is 106 Å². The predicted octanol–water partition coefficient (Wildman–Crippen LogP) is 6.67. The molecule has 1 fully saturated rings. The van der Waals surface area contributed by atoms with Crippen LogP contribution in [0.3, 0.4) is 0 Å². The number of anilines is 1. The molecule has 43 heavy (non-hydrogen) atoms. The van der Waals surface area contributed by atoms with Crippen LogP contribution in [0.5, 0.6) is 0 Å². The van der Waals surface area contributed by atoms with Crippen LogP contribution in [0.25, 0.3) is 0 Å². The highest BCUT2D eigenvalue weighted by atomic mass is 32.2. The molecule has 0 aromatic heterocycles. The molecule has 4 aromatic carbocycles. The largest absolute Gasteiger partial charge is 0.378 e. The second-order valence-electron chi connectivity index (χ2n) is 10.3. The first kappa shape index (κ1) is 29.9. The van der Waals surface area contributed by atoms with E-state index in [0.29, 0.717) is 35.5 Å². The molecule has 7 nitrogen and oxygen atoms in total. The smallest absolute Gasteiger partial charge is 0.332 e. The number of oxime groups is 1. The average Bonchev–Trinajstić information content (AvgIpc) is 3.03. The van der Waals surface area contributed by atoms with Crippen LogP contribution in [0, 0.1) is 13.8 Å². The highest BCUT2D eigenvalue weighted by molar-refractivity contribution is 7.99. The molecule has 1 saturated heterocycles. The van der Waals surface area contributed by atoms with Gasteiger partial charge < -0.3 is 14.5 Å². The van der Waals surface area contributed by atoms with Crippen molar-refractivity contribution in [3.63, 3.8) is 0 Å². The molecule has 0 atom stereocenters. The number of carbonyl (C=O) groups is 3. The van der Waals surface area contributed by atoms with E-state index in [9.17, 15) is 14.4 Å². The molecule has 4 aromatic rings. The van der Waals surface area contributed by atoms with Crippen molar-refractivity contribution in [2.75, 3.05) is 31.2 Å². The average molecular weight is 593 g/mol. The number of rotatable bonds is 9. The van der Waals surface area contributed by atoms with E-state index in [2.05, 4.69) is 10.1 Å². The van der Waals surface area contributed by atoms with E-state index < -0.39 is 5.97 Å². The quantitative estimate of drug-likeness (QED) is 0.0929. The van der Waals surface area contributed by atoms with Gasteiger partial charge in [-0.3, -0.25) is 9.59 Å². The highest BCUT2D eigenvalue weighted by Crippen LogP contribution is 2.29. The number of Topliss-reactive ketones (excluding diaryl/α,β-unsaturated/α-hetero) is 1. The molecule has 0 saturated carbocycles. The molecule has 1 aliphatic heterocycles. The minimum atomic E-state index is -0.600. The van der Waals surface area contributed by atoms with Crippen LogP contribution in [0.2, 0.25) is 0 Å². The highest BCUT2D eigenvalue weighted by Gasteiger charge is 2.20. The second kappa shape index (κ2) is 13.6. The van der Waals surface area contributed by atoms with Crippen LogP contribution >= 0.6 is 11.8 Å². The lowest BCUT2D eigenvalue weighted by molar-refractivity contribution is -0.140. The van der Waals surface area contributed by atoms with Crippen molar-refractivity contribution in [2.45, 2.75) is 30.6 Å². The van der Waals surface area contributed by atoms with E-state index in [1.807, 2.05) is 92.7 Å². The molecule has 1 heterocycles. The molecule has 8 heteroatoms. The number of nitrogens with zero attached hydrogens (tertiary/aromatic N) is 2. The van der Waals surface area contributed by atoms with Gasteiger partial charge in [-0.15, -0.1) is 0 Å². The summed E-state index contributed by atoms with van der Waals surface area (Å²) in [5.41, 5.74) is 5.30. The molecule has 0 radical (unpaired) electrons. The van der Waals surface area contributed by atoms with E-state index in [0.717, 1.165) is 39.7 Å². The van der Waals surface area contributed by atoms with Gasteiger partial charge in [-0.1, -0.05) is 34.6 Å². The van der Waals surface area contributed by atoms with E-state index in [-0.39, 0.29) is 17.3 Å². The maximum atomic E-state index is 13.4. The normalized spacial score (nSPS) is 13.5. The molecular weight excluding hydrogens is 560 g/mol. The van der Waals surface area contributed by atoms with Crippen molar-refractivity contribution < 1.29 is 24.0 Å². The summed E-state index contributed by atoms with van der Waals surface area (Å²) in [7, 11) is 0. The maximum Gasteiger partial charge on any atom is 0.332 e. The number of hydrogen-bond acceptors (Lipinski definition) is 8. The first-order valence-electron chi connectivity index (χ1n) is 14.0. The van der Waals surface area contributed by atoms with Crippen LogP contribution in [-0.2, 0) is 14.4 Å². The third-order valence-electron chi connectivity index (χ3n) is 7.10. The van der Waals surface area contributed by atoms with Crippen LogP contribution in [0.4, 0.5) is 5.69 Å². The van der Waals surface area contributed by atoms with Gasteiger partial charge in [0.2, 0.25) is 5.78 Å². The lowest BCUT2D eigenvalue weighted by Crippen LogP contribution is -2.36. The third kappa shape index (κ3) is 7.46. The van der Waals surface area contributed by atoms with Crippen molar-refractivity contribution in [3.8, 4) is 0 Å². The molecular formula is C35H32N2O5S. The maximum absolute atomic E-state index is 13.4. The van der Waals surface area contributed by atoms with Gasteiger partial charge in [0.25, 0.3) is 0 Å². The van der Waals surface area contributed by atoms with Crippen LogP contribution < -0.4 is 4.90 Å². The van der Waals surface area contributed by atoms with E-state index >= 15 is 0 Å². The topological polar surface area (TPSA) is 85.3 Å². The van der Waals surface area contributed by atoms with Gasteiger partial charge in [0.1, 0.15) is 0 Å². The Balaban J connectivity index is 1.25. The number of hydrogen-bond donors (Lipinski definition) is 0. The summed E-state index contributed by atoms with van der Waals surface area (Å²) in [6.45, 7) is 8.19. The van der Waals surface area contributed by atoms with Gasteiger partial charge in [-0.05, 0) is 98.3 Å². The van der Waals surface area contributed by atoms with Crippen molar-refractivity contribution in [1.82, 2.24) is 0 Å². The van der Waals surface area contributed by atoms with Crippen molar-refractivity contribution in [2.24, 2.45) is 5.16 Å². The summed E-state index contributed by atoms with van der Waals surface area (Å²) < 4.78 is 5.42. The van der Waals surface area contributed by atoms with Crippen molar-refractivity contribution in [3.05, 3.63) is 124 Å². The van der Waals surface area contributed by atoms with Gasteiger partial charge in [0.05, 0.1) is 13.2 Å². The lowest BCUT2D eigenvalue weighted by atomic mass is 9.96. The number of ether oxygens (including phenoxy) is 1. The molecule has 1 aliphatic rings. The van der Waals surface area contributed by atoms with Gasteiger partial charge in [0.15, 0.2) is 11.5 Å². The van der Waals surface area contributed by atoms with E-state index in [1.165, 1.54) is 18.7 Å². The summed E-state index contributed by atoms with van der Waals surface area (Å²) in [5, 5.41) is 3.91. The standard InChI is InChI=1S/C35H32N2O5S/c1-23-4-5-24(2)32(22-23)33(36-42-25(3)38)35(40)28-10-16-31(17-11-28)43-30-14-8-27(9-15-30)34(39)26-6-12-29(13-7-26)37-18-20-41-21-19-37/h4-17,22H,18-21H2,1-3H3. The minimum Gasteiger partial charge on any atom is -0.378 e. The first-order valence-corrected chi connectivity index (χ1v) is 14.8. The van der Waals surface area contributed by atoms with Gasteiger partial charge in [-0.25, -0.2) is 4.79 Å². The van der Waals surface area contributed by atoms with Crippen molar-refractivity contribution >= 4 is 40.7 Å². The van der Waals surface area contributed by atoms with Crippen molar-refractivity contribution in [1.29, 1.82) is 0 Å². The zero-order chi connectivity index (χ0) is 30.3. The van der Waals surface area contributed by atoms with Gasteiger partial charge in [-0.2, -0.15) is 0 Å². The Hall–Kier alpha value is -4.53. The zero-order valence-electron chi connectivity index (χ0n) is 24.3. The van der Waals surface area contributed by atoms with Gasteiger partial charge >= 0.3 is 5.97 Å². The number of benzene rings is 4.